The average Bonchev–Trinajstić information content (AvgIpc) is 2.35. The van der Waals surface area contributed by atoms with E-state index < -0.39 is 4.92 Å². The molecule has 0 aliphatic heterocycles. The molecule has 0 amide bonds. The van der Waals surface area contributed by atoms with E-state index in [-0.39, 0.29) is 23.8 Å². The lowest BCUT2D eigenvalue weighted by Crippen LogP contribution is -2.13. The van der Waals surface area contributed by atoms with Crippen molar-refractivity contribution in [1.82, 2.24) is 0 Å². The number of carbonyl (C=O) groups is 1. The van der Waals surface area contributed by atoms with Crippen LogP contribution in [-0.2, 0) is 0 Å². The molecule has 0 N–H and O–H groups in total. The van der Waals surface area contributed by atoms with Crippen molar-refractivity contribution >= 4 is 11.5 Å². The van der Waals surface area contributed by atoms with Gasteiger partial charge in [0.25, 0.3) is 5.69 Å². The Morgan fingerprint density at radius 1 is 1.59 bits per heavy atom. The highest BCUT2D eigenvalue weighted by molar-refractivity contribution is 5.98. The van der Waals surface area contributed by atoms with Crippen LogP contribution in [0.15, 0.2) is 24.3 Å². The molecule has 0 aliphatic rings. The molecule has 1 atom stereocenters. The summed E-state index contributed by atoms with van der Waals surface area (Å²) < 4.78 is 0. The third-order valence-electron chi connectivity index (χ3n) is 2.54. The van der Waals surface area contributed by atoms with Crippen molar-refractivity contribution in [2.45, 2.75) is 19.8 Å². The van der Waals surface area contributed by atoms with Gasteiger partial charge in [0.05, 0.1) is 11.0 Å². The maximum Gasteiger partial charge on any atom is 0.270 e. The summed E-state index contributed by atoms with van der Waals surface area (Å²) in [6.45, 7) is 1.82. The highest BCUT2D eigenvalue weighted by Crippen LogP contribution is 2.19. The van der Waals surface area contributed by atoms with Gasteiger partial charge in [-0.25, -0.2) is 0 Å². The first kappa shape index (κ1) is 12.8. The first-order chi connectivity index (χ1) is 8.10. The van der Waals surface area contributed by atoms with Gasteiger partial charge in [-0.05, 0) is 6.42 Å². The van der Waals surface area contributed by atoms with Gasteiger partial charge in [-0.15, -0.1) is 0 Å². The summed E-state index contributed by atoms with van der Waals surface area (Å²) in [6.07, 6.45) is 0.688. The number of hydrogen-bond acceptors (Lipinski definition) is 4. The third-order valence-corrected chi connectivity index (χ3v) is 2.54. The standard InChI is InChI=1S/C12H12N2O3/c1-2-9(6-7-13)12(15)10-4-3-5-11(8-10)14(16)17/h3-5,8-9H,2,6H2,1H3. The number of nitriles is 1. The van der Waals surface area contributed by atoms with Crippen LogP contribution in [0.2, 0.25) is 0 Å². The number of non-ortho nitro benzene ring substituents is 1. The van der Waals surface area contributed by atoms with Gasteiger partial charge in [-0.3, -0.25) is 14.9 Å². The Balaban J connectivity index is 3.00. The van der Waals surface area contributed by atoms with E-state index in [0.717, 1.165) is 0 Å². The molecule has 5 nitrogen and oxygen atoms in total. The Morgan fingerprint density at radius 2 is 2.29 bits per heavy atom. The lowest BCUT2D eigenvalue weighted by molar-refractivity contribution is -0.384. The van der Waals surface area contributed by atoms with Crippen molar-refractivity contribution in [2.24, 2.45) is 5.92 Å². The zero-order valence-corrected chi connectivity index (χ0v) is 9.42. The minimum absolute atomic E-state index is 0.109. The number of carbonyl (C=O) groups excluding carboxylic acids is 1. The normalized spacial score (nSPS) is 11.5. The summed E-state index contributed by atoms with van der Waals surface area (Å²) >= 11 is 0. The maximum absolute atomic E-state index is 12.0. The van der Waals surface area contributed by atoms with Gasteiger partial charge in [0.15, 0.2) is 5.78 Å². The number of Topliss-reactive ketones (excluding diaryl/α,β-unsaturated/α-hetero) is 1. The second-order valence-corrected chi connectivity index (χ2v) is 3.64. The predicted molar refractivity (Wildman–Crippen MR) is 61.4 cm³/mol. The monoisotopic (exact) mass is 232 g/mol. The van der Waals surface area contributed by atoms with Crippen LogP contribution in [0.3, 0.4) is 0 Å². The molecule has 17 heavy (non-hydrogen) atoms. The Morgan fingerprint density at radius 3 is 2.82 bits per heavy atom. The van der Waals surface area contributed by atoms with E-state index in [1.165, 1.54) is 24.3 Å². The molecule has 0 saturated heterocycles. The minimum Gasteiger partial charge on any atom is -0.294 e. The van der Waals surface area contributed by atoms with Crippen molar-refractivity contribution in [2.75, 3.05) is 0 Å². The Labute approximate surface area is 98.8 Å². The quantitative estimate of drug-likeness (QED) is 0.444. The highest BCUT2D eigenvalue weighted by atomic mass is 16.6. The van der Waals surface area contributed by atoms with Gasteiger partial charge in [0, 0.05) is 30.0 Å². The lowest BCUT2D eigenvalue weighted by Gasteiger charge is -2.09. The van der Waals surface area contributed by atoms with Crippen molar-refractivity contribution in [3.05, 3.63) is 39.9 Å². The second-order valence-electron chi connectivity index (χ2n) is 3.64. The van der Waals surface area contributed by atoms with Crippen molar-refractivity contribution < 1.29 is 9.72 Å². The molecule has 1 aromatic carbocycles. The first-order valence-electron chi connectivity index (χ1n) is 5.25. The van der Waals surface area contributed by atoms with Crippen LogP contribution in [0.1, 0.15) is 30.1 Å². The van der Waals surface area contributed by atoms with Gasteiger partial charge in [-0.1, -0.05) is 19.1 Å². The summed E-state index contributed by atoms with van der Waals surface area (Å²) in [5.41, 5.74) is 0.184. The van der Waals surface area contributed by atoms with Gasteiger partial charge in [0.2, 0.25) is 0 Å². The van der Waals surface area contributed by atoms with Gasteiger partial charge >= 0.3 is 0 Å². The zero-order chi connectivity index (χ0) is 12.8. The zero-order valence-electron chi connectivity index (χ0n) is 9.42. The largest absolute Gasteiger partial charge is 0.294 e. The molecule has 0 aliphatic carbocycles. The summed E-state index contributed by atoms with van der Waals surface area (Å²) in [7, 11) is 0. The van der Waals surface area contributed by atoms with E-state index in [4.69, 9.17) is 5.26 Å². The topological polar surface area (TPSA) is 84.0 Å². The van der Waals surface area contributed by atoms with Crippen molar-refractivity contribution in [3.63, 3.8) is 0 Å². The lowest BCUT2D eigenvalue weighted by atomic mass is 9.93. The molecule has 1 aromatic rings. The molecular formula is C12H12N2O3. The fourth-order valence-corrected chi connectivity index (χ4v) is 1.54. The predicted octanol–water partition coefficient (Wildman–Crippen LogP) is 2.72. The number of hydrogen-bond donors (Lipinski definition) is 0. The molecule has 5 heteroatoms. The fourth-order valence-electron chi connectivity index (χ4n) is 1.54. The van der Waals surface area contributed by atoms with Crippen LogP contribution in [0, 0.1) is 27.4 Å². The first-order valence-corrected chi connectivity index (χ1v) is 5.25. The van der Waals surface area contributed by atoms with Crippen LogP contribution in [-0.4, -0.2) is 10.7 Å². The van der Waals surface area contributed by atoms with E-state index in [1.54, 1.807) is 0 Å². The molecule has 1 unspecified atom stereocenters. The molecule has 0 fully saturated rings. The van der Waals surface area contributed by atoms with Crippen LogP contribution >= 0.6 is 0 Å². The molecule has 0 radical (unpaired) electrons. The second kappa shape index (κ2) is 5.75. The SMILES string of the molecule is CCC(CC#N)C(=O)c1cccc([N+](=O)[O-])c1. The van der Waals surface area contributed by atoms with Crippen LogP contribution < -0.4 is 0 Å². The van der Waals surface area contributed by atoms with E-state index in [2.05, 4.69) is 0 Å². The number of benzene rings is 1. The minimum atomic E-state index is -0.540. The molecule has 0 saturated carbocycles. The summed E-state index contributed by atoms with van der Waals surface area (Å²) in [6, 6.07) is 7.55. The van der Waals surface area contributed by atoms with Crippen LogP contribution in [0.5, 0.6) is 0 Å². The van der Waals surface area contributed by atoms with Crippen LogP contribution in [0.25, 0.3) is 0 Å². The molecule has 0 aromatic heterocycles. The van der Waals surface area contributed by atoms with Gasteiger partial charge < -0.3 is 0 Å². The smallest absolute Gasteiger partial charge is 0.270 e. The van der Waals surface area contributed by atoms with E-state index in [9.17, 15) is 14.9 Å². The Kier molecular flexibility index (Phi) is 4.35. The third kappa shape index (κ3) is 3.11. The molecular weight excluding hydrogens is 220 g/mol. The number of nitro groups is 1. The number of rotatable bonds is 5. The van der Waals surface area contributed by atoms with Crippen molar-refractivity contribution in [3.8, 4) is 6.07 Å². The Bertz CT molecular complexity index is 477. The number of nitro benzene ring substituents is 1. The van der Waals surface area contributed by atoms with E-state index in [0.29, 0.717) is 12.0 Å². The molecule has 88 valence electrons. The molecule has 1 rings (SSSR count). The molecule has 0 spiro atoms. The van der Waals surface area contributed by atoms with Gasteiger partial charge in [0.1, 0.15) is 0 Å². The number of ketones is 1. The average molecular weight is 232 g/mol. The van der Waals surface area contributed by atoms with E-state index >= 15 is 0 Å². The summed E-state index contributed by atoms with van der Waals surface area (Å²) in [5.74, 6) is -0.597. The summed E-state index contributed by atoms with van der Waals surface area (Å²) in [4.78, 5) is 22.0. The maximum atomic E-state index is 12.0. The Hall–Kier alpha value is -2.22. The number of nitrogens with zero attached hydrogens (tertiary/aromatic N) is 2. The molecule has 0 bridgehead atoms. The molecule has 0 heterocycles. The van der Waals surface area contributed by atoms with Gasteiger partial charge in [-0.2, -0.15) is 5.26 Å². The van der Waals surface area contributed by atoms with Crippen molar-refractivity contribution in [1.29, 1.82) is 5.26 Å². The van der Waals surface area contributed by atoms with Crippen LogP contribution in [0.4, 0.5) is 5.69 Å². The van der Waals surface area contributed by atoms with E-state index in [1.807, 2.05) is 13.0 Å². The summed E-state index contributed by atoms with van der Waals surface area (Å²) in [5, 5.41) is 19.2. The fraction of sp³-hybridized carbons (Fsp3) is 0.333. The highest BCUT2D eigenvalue weighted by Gasteiger charge is 2.19.